The third kappa shape index (κ3) is 6.36. The highest BCUT2D eigenvalue weighted by molar-refractivity contribution is 5.90. The van der Waals surface area contributed by atoms with Gasteiger partial charge in [-0.1, -0.05) is 30.3 Å². The predicted octanol–water partition coefficient (Wildman–Crippen LogP) is 4.18. The molecule has 8 heteroatoms. The number of hydrogen-bond acceptors (Lipinski definition) is 3. The Morgan fingerprint density at radius 3 is 2.46 bits per heavy atom. The number of amides is 1. The van der Waals surface area contributed by atoms with Crippen LogP contribution in [0.3, 0.4) is 0 Å². The van der Waals surface area contributed by atoms with Crippen LogP contribution in [0.15, 0.2) is 48.5 Å². The lowest BCUT2D eigenvalue weighted by atomic mass is 10.2. The molecule has 140 valence electrons. The second-order valence-corrected chi connectivity index (χ2v) is 5.67. The van der Waals surface area contributed by atoms with Gasteiger partial charge in [0.1, 0.15) is 11.6 Å². The zero-order valence-electron chi connectivity index (χ0n) is 14.0. The fraction of sp³-hybridized carbons (Fsp3) is 0.278. The second kappa shape index (κ2) is 8.66. The molecule has 0 aliphatic heterocycles. The number of carbonyl (C=O) groups is 1. The Morgan fingerprint density at radius 1 is 1.12 bits per heavy atom. The molecule has 0 aliphatic rings. The maximum absolute atomic E-state index is 13.5. The maximum atomic E-state index is 13.5. The molecule has 1 amide bonds. The summed E-state index contributed by atoms with van der Waals surface area (Å²) in [7, 11) is 1.67. The van der Waals surface area contributed by atoms with Crippen molar-refractivity contribution < 1.29 is 27.1 Å². The fourth-order valence-electron chi connectivity index (χ4n) is 2.30. The monoisotopic (exact) mass is 370 g/mol. The van der Waals surface area contributed by atoms with Gasteiger partial charge in [-0.15, -0.1) is 13.2 Å². The maximum Gasteiger partial charge on any atom is 0.573 e. The van der Waals surface area contributed by atoms with Crippen LogP contribution in [-0.4, -0.2) is 30.8 Å². The van der Waals surface area contributed by atoms with Crippen LogP contribution in [0.2, 0.25) is 0 Å². The number of rotatable bonds is 7. The molecule has 2 aromatic rings. The standard InChI is InChI=1S/C18H18F4N2O2/c1-24(11-10-17(25)23-15-8-4-3-7-14(15)19)12-13-6-2-5-9-16(13)26-18(20,21)22/h2-9H,10-12H2,1H3,(H,23,25). The van der Waals surface area contributed by atoms with Crippen molar-refractivity contribution in [3.8, 4) is 5.75 Å². The van der Waals surface area contributed by atoms with Crippen molar-refractivity contribution in [3.05, 3.63) is 59.9 Å². The molecule has 0 spiro atoms. The molecular weight excluding hydrogens is 352 g/mol. The summed E-state index contributed by atoms with van der Waals surface area (Å²) in [6.45, 7) is 0.444. The molecule has 0 heterocycles. The van der Waals surface area contributed by atoms with E-state index in [4.69, 9.17) is 0 Å². The van der Waals surface area contributed by atoms with Gasteiger partial charge in [0.05, 0.1) is 5.69 Å². The normalized spacial score (nSPS) is 11.5. The quantitative estimate of drug-likeness (QED) is 0.744. The van der Waals surface area contributed by atoms with Gasteiger partial charge in [-0.05, 0) is 25.2 Å². The molecular formula is C18H18F4N2O2. The SMILES string of the molecule is CN(CCC(=O)Nc1ccccc1F)Cc1ccccc1OC(F)(F)F. The number of anilines is 1. The van der Waals surface area contributed by atoms with Gasteiger partial charge in [0.2, 0.25) is 5.91 Å². The summed E-state index contributed by atoms with van der Waals surface area (Å²) >= 11 is 0. The number of benzene rings is 2. The van der Waals surface area contributed by atoms with Crippen LogP contribution < -0.4 is 10.1 Å². The average Bonchev–Trinajstić information content (AvgIpc) is 2.56. The number of nitrogens with one attached hydrogen (secondary N) is 1. The summed E-state index contributed by atoms with van der Waals surface area (Å²) in [4.78, 5) is 13.6. The van der Waals surface area contributed by atoms with Gasteiger partial charge in [0.15, 0.2) is 0 Å². The highest BCUT2D eigenvalue weighted by Crippen LogP contribution is 2.27. The van der Waals surface area contributed by atoms with E-state index in [0.29, 0.717) is 5.56 Å². The Hall–Kier alpha value is -2.61. The van der Waals surface area contributed by atoms with Gasteiger partial charge >= 0.3 is 6.36 Å². The molecule has 0 atom stereocenters. The van der Waals surface area contributed by atoms with Crippen LogP contribution in [0.1, 0.15) is 12.0 Å². The number of para-hydroxylation sites is 2. The number of alkyl halides is 3. The lowest BCUT2D eigenvalue weighted by Crippen LogP contribution is -2.25. The molecule has 0 fully saturated rings. The van der Waals surface area contributed by atoms with E-state index < -0.39 is 12.2 Å². The first-order chi connectivity index (χ1) is 12.2. The molecule has 0 saturated carbocycles. The predicted molar refractivity (Wildman–Crippen MR) is 89.1 cm³/mol. The molecule has 4 nitrogen and oxygen atoms in total. The van der Waals surface area contributed by atoms with Crippen LogP contribution in [0.4, 0.5) is 23.2 Å². The number of hydrogen-bond donors (Lipinski definition) is 1. The first-order valence-corrected chi connectivity index (χ1v) is 7.81. The Morgan fingerprint density at radius 2 is 1.77 bits per heavy atom. The molecule has 0 unspecified atom stereocenters. The minimum absolute atomic E-state index is 0.0626. The van der Waals surface area contributed by atoms with Crippen LogP contribution >= 0.6 is 0 Å². The topological polar surface area (TPSA) is 41.6 Å². The van der Waals surface area contributed by atoms with E-state index in [2.05, 4.69) is 10.1 Å². The zero-order valence-corrected chi connectivity index (χ0v) is 14.0. The van der Waals surface area contributed by atoms with E-state index in [1.165, 1.54) is 36.4 Å². The molecule has 0 aromatic heterocycles. The molecule has 0 bridgehead atoms. The van der Waals surface area contributed by atoms with Crippen LogP contribution in [-0.2, 0) is 11.3 Å². The minimum atomic E-state index is -4.77. The Kier molecular flexibility index (Phi) is 6.57. The van der Waals surface area contributed by atoms with Crippen LogP contribution in [0.5, 0.6) is 5.75 Å². The number of nitrogens with zero attached hydrogens (tertiary/aromatic N) is 1. The Labute approximate surface area is 148 Å². The van der Waals surface area contributed by atoms with E-state index >= 15 is 0 Å². The molecule has 2 rings (SSSR count). The second-order valence-electron chi connectivity index (χ2n) is 5.67. The lowest BCUT2D eigenvalue weighted by Gasteiger charge is -2.19. The fourth-order valence-corrected chi connectivity index (χ4v) is 2.30. The van der Waals surface area contributed by atoms with Crippen LogP contribution in [0.25, 0.3) is 0 Å². The zero-order chi connectivity index (χ0) is 19.2. The molecule has 0 radical (unpaired) electrons. The molecule has 1 N–H and O–H groups in total. The van der Waals surface area contributed by atoms with Crippen molar-refractivity contribution >= 4 is 11.6 Å². The lowest BCUT2D eigenvalue weighted by molar-refractivity contribution is -0.275. The van der Waals surface area contributed by atoms with Gasteiger partial charge in [-0.2, -0.15) is 0 Å². The molecule has 26 heavy (non-hydrogen) atoms. The summed E-state index contributed by atoms with van der Waals surface area (Å²) in [6, 6.07) is 11.6. The van der Waals surface area contributed by atoms with E-state index in [0.717, 1.165) is 0 Å². The number of carbonyl (C=O) groups excluding carboxylic acids is 1. The summed E-state index contributed by atoms with van der Waals surface area (Å²) in [5.74, 6) is -1.20. The van der Waals surface area contributed by atoms with Crippen LogP contribution in [0, 0.1) is 5.82 Å². The summed E-state index contributed by atoms with van der Waals surface area (Å²) < 4.78 is 54.8. The summed E-state index contributed by atoms with van der Waals surface area (Å²) in [6.07, 6.45) is -4.71. The Bertz CT molecular complexity index is 750. The first-order valence-electron chi connectivity index (χ1n) is 7.81. The van der Waals surface area contributed by atoms with Crippen molar-refractivity contribution in [3.63, 3.8) is 0 Å². The van der Waals surface area contributed by atoms with E-state index in [-0.39, 0.29) is 36.9 Å². The van der Waals surface area contributed by atoms with Crippen molar-refractivity contribution in [2.45, 2.75) is 19.3 Å². The van der Waals surface area contributed by atoms with E-state index in [1.54, 1.807) is 24.1 Å². The first kappa shape index (κ1) is 19.7. The molecule has 2 aromatic carbocycles. The third-order valence-electron chi connectivity index (χ3n) is 3.51. The van der Waals surface area contributed by atoms with E-state index in [1.807, 2.05) is 0 Å². The average molecular weight is 370 g/mol. The Balaban J connectivity index is 1.88. The molecule has 0 aliphatic carbocycles. The van der Waals surface area contributed by atoms with Gasteiger partial charge in [-0.3, -0.25) is 4.79 Å². The molecule has 0 saturated heterocycles. The largest absolute Gasteiger partial charge is 0.573 e. The van der Waals surface area contributed by atoms with E-state index in [9.17, 15) is 22.4 Å². The van der Waals surface area contributed by atoms with Gasteiger partial charge < -0.3 is 15.0 Å². The minimum Gasteiger partial charge on any atom is -0.405 e. The highest BCUT2D eigenvalue weighted by atomic mass is 19.4. The van der Waals surface area contributed by atoms with Gasteiger partial charge in [0, 0.05) is 25.1 Å². The number of halogens is 4. The smallest absolute Gasteiger partial charge is 0.405 e. The van der Waals surface area contributed by atoms with Crippen molar-refractivity contribution in [1.82, 2.24) is 4.90 Å². The van der Waals surface area contributed by atoms with Crippen molar-refractivity contribution in [2.24, 2.45) is 0 Å². The third-order valence-corrected chi connectivity index (χ3v) is 3.51. The van der Waals surface area contributed by atoms with Gasteiger partial charge in [0.25, 0.3) is 0 Å². The van der Waals surface area contributed by atoms with Gasteiger partial charge in [-0.25, -0.2) is 4.39 Å². The number of ether oxygens (including phenoxy) is 1. The van der Waals surface area contributed by atoms with Crippen molar-refractivity contribution in [1.29, 1.82) is 0 Å². The van der Waals surface area contributed by atoms with Crippen molar-refractivity contribution in [2.75, 3.05) is 18.9 Å². The summed E-state index contributed by atoms with van der Waals surface area (Å²) in [5, 5.41) is 2.46. The summed E-state index contributed by atoms with van der Waals surface area (Å²) in [5.41, 5.74) is 0.436. The highest BCUT2D eigenvalue weighted by Gasteiger charge is 2.32.